The van der Waals surface area contributed by atoms with Crippen molar-refractivity contribution in [1.29, 1.82) is 0 Å². The third-order valence-electron chi connectivity index (χ3n) is 4.62. The fraction of sp³-hybridized carbons (Fsp3) is 0.316. The molecule has 0 aromatic heterocycles. The Morgan fingerprint density at radius 2 is 1.92 bits per heavy atom. The highest BCUT2D eigenvalue weighted by Gasteiger charge is 2.44. The maximum atomic E-state index is 13.4. The number of hydrogen-bond donors (Lipinski definition) is 2. The number of nitrogens with zero attached hydrogens (tertiary/aromatic N) is 1. The highest BCUT2D eigenvalue weighted by Crippen LogP contribution is 2.48. The van der Waals surface area contributed by atoms with Crippen molar-refractivity contribution in [3.05, 3.63) is 65.0 Å². The average molecular weight is 439 g/mol. The summed E-state index contributed by atoms with van der Waals surface area (Å²) in [5.74, 6) is 0.204. The molecule has 3 N–H and O–H groups in total. The molecule has 5 heteroatoms. The Labute approximate surface area is 159 Å². The zero-order valence-corrected chi connectivity index (χ0v) is 16.3. The zero-order valence-electron chi connectivity index (χ0n) is 14.0. The molecule has 128 valence electrons. The zero-order chi connectivity index (χ0) is 16.4. The molecule has 0 saturated heterocycles. The molecule has 0 spiro atoms. The molecule has 0 radical (unpaired) electrons. The normalized spacial score (nSPS) is 15.5. The molecule has 1 aliphatic carbocycles. The van der Waals surface area contributed by atoms with Crippen LogP contribution in [-0.4, -0.2) is 12.5 Å². The fourth-order valence-electron chi connectivity index (χ4n) is 2.75. The van der Waals surface area contributed by atoms with Gasteiger partial charge in [-0.1, -0.05) is 18.2 Å². The van der Waals surface area contributed by atoms with Crippen LogP contribution in [0.5, 0.6) is 0 Å². The Balaban J connectivity index is 0.00000208. The van der Waals surface area contributed by atoms with Gasteiger partial charge in [0.2, 0.25) is 0 Å². The largest absolute Gasteiger partial charge is 0.370 e. The quantitative estimate of drug-likeness (QED) is 0.418. The molecular weight excluding hydrogens is 416 g/mol. The van der Waals surface area contributed by atoms with Crippen LogP contribution in [0, 0.1) is 19.7 Å². The third-order valence-corrected chi connectivity index (χ3v) is 4.62. The average Bonchev–Trinajstić information content (AvgIpc) is 3.30. The van der Waals surface area contributed by atoms with Gasteiger partial charge in [0.1, 0.15) is 5.82 Å². The van der Waals surface area contributed by atoms with E-state index in [1.165, 1.54) is 17.2 Å². The molecule has 0 atom stereocenters. The van der Waals surface area contributed by atoms with Crippen molar-refractivity contribution in [2.45, 2.75) is 32.1 Å². The maximum Gasteiger partial charge on any atom is 0.193 e. The molecule has 3 nitrogen and oxygen atoms in total. The van der Waals surface area contributed by atoms with Gasteiger partial charge in [0.05, 0.1) is 6.54 Å². The molecule has 0 aliphatic heterocycles. The Morgan fingerprint density at radius 1 is 1.17 bits per heavy atom. The number of benzene rings is 2. The molecule has 1 aliphatic rings. The van der Waals surface area contributed by atoms with E-state index in [-0.39, 0.29) is 35.2 Å². The van der Waals surface area contributed by atoms with Gasteiger partial charge in [-0.25, -0.2) is 4.39 Å². The highest BCUT2D eigenvalue weighted by molar-refractivity contribution is 14.0. The first-order valence-electron chi connectivity index (χ1n) is 7.89. The van der Waals surface area contributed by atoms with Crippen LogP contribution in [0.25, 0.3) is 0 Å². The van der Waals surface area contributed by atoms with E-state index >= 15 is 0 Å². The Kier molecular flexibility index (Phi) is 5.85. The van der Waals surface area contributed by atoms with E-state index in [1.54, 1.807) is 12.1 Å². The van der Waals surface area contributed by atoms with E-state index < -0.39 is 0 Å². The van der Waals surface area contributed by atoms with Crippen molar-refractivity contribution in [3.63, 3.8) is 0 Å². The molecule has 0 heterocycles. The summed E-state index contributed by atoms with van der Waals surface area (Å²) in [6.07, 6.45) is 2.05. The van der Waals surface area contributed by atoms with Crippen molar-refractivity contribution >= 4 is 35.6 Å². The minimum absolute atomic E-state index is 0. The molecular formula is C19H23FIN3. The van der Waals surface area contributed by atoms with Gasteiger partial charge >= 0.3 is 0 Å². The summed E-state index contributed by atoms with van der Waals surface area (Å²) in [6.45, 7) is 4.73. The van der Waals surface area contributed by atoms with E-state index in [0.29, 0.717) is 12.5 Å². The monoisotopic (exact) mass is 439 g/mol. The molecule has 0 amide bonds. The molecule has 2 aromatic carbocycles. The summed E-state index contributed by atoms with van der Waals surface area (Å²) in [7, 11) is 0. The summed E-state index contributed by atoms with van der Waals surface area (Å²) < 4.78 is 13.4. The fourth-order valence-corrected chi connectivity index (χ4v) is 2.75. The molecule has 3 rings (SSSR count). The first-order valence-corrected chi connectivity index (χ1v) is 7.89. The van der Waals surface area contributed by atoms with Gasteiger partial charge in [-0.15, -0.1) is 24.0 Å². The maximum absolute atomic E-state index is 13.4. The number of nitrogens with two attached hydrogens (primary N) is 1. The van der Waals surface area contributed by atoms with Gasteiger partial charge in [-0.3, -0.25) is 4.99 Å². The summed E-state index contributed by atoms with van der Waals surface area (Å²) in [5.41, 5.74) is 10.4. The number of guanidine groups is 1. The summed E-state index contributed by atoms with van der Waals surface area (Å²) in [6, 6.07) is 12.9. The lowest BCUT2D eigenvalue weighted by molar-refractivity contribution is 0.616. The van der Waals surface area contributed by atoms with E-state index in [4.69, 9.17) is 5.73 Å². The van der Waals surface area contributed by atoms with E-state index in [9.17, 15) is 4.39 Å². The number of hydrogen-bond acceptors (Lipinski definition) is 1. The first kappa shape index (κ1) is 18.7. The number of aryl methyl sites for hydroxylation is 2. The second-order valence-corrected chi connectivity index (χ2v) is 6.42. The van der Waals surface area contributed by atoms with E-state index in [0.717, 1.165) is 24.1 Å². The minimum atomic E-state index is -0.195. The standard InChI is InChI=1S/C19H22FN3.HI/c1-13-6-7-17(10-14(13)2)23-18(21)22-12-19(8-9-19)15-4-3-5-16(20)11-15;/h3-7,10-11H,8-9,12H2,1-2H3,(H3,21,22,23);1H. The van der Waals surface area contributed by atoms with Crippen LogP contribution in [0.4, 0.5) is 10.1 Å². The van der Waals surface area contributed by atoms with Gasteiger partial charge in [0.25, 0.3) is 0 Å². The lowest BCUT2D eigenvalue weighted by Crippen LogP contribution is -2.25. The number of aliphatic imine (C=N–C) groups is 1. The van der Waals surface area contributed by atoms with Crippen molar-refractivity contribution in [2.24, 2.45) is 10.7 Å². The van der Waals surface area contributed by atoms with Crippen LogP contribution in [0.15, 0.2) is 47.5 Å². The van der Waals surface area contributed by atoms with Crippen LogP contribution in [0.1, 0.15) is 29.5 Å². The Hall–Kier alpha value is -1.63. The van der Waals surface area contributed by atoms with Crippen molar-refractivity contribution in [2.75, 3.05) is 11.9 Å². The van der Waals surface area contributed by atoms with Crippen LogP contribution >= 0.6 is 24.0 Å². The Morgan fingerprint density at radius 3 is 2.54 bits per heavy atom. The number of halogens is 2. The molecule has 24 heavy (non-hydrogen) atoms. The lowest BCUT2D eigenvalue weighted by Gasteiger charge is -2.14. The van der Waals surface area contributed by atoms with Crippen LogP contribution in [0.3, 0.4) is 0 Å². The summed E-state index contributed by atoms with van der Waals surface area (Å²) in [5, 5.41) is 3.13. The SMILES string of the molecule is Cc1ccc(NC(N)=NCC2(c3cccc(F)c3)CC2)cc1C.I. The third kappa shape index (κ3) is 4.26. The van der Waals surface area contributed by atoms with Crippen LogP contribution in [0.2, 0.25) is 0 Å². The predicted octanol–water partition coefficient (Wildman–Crippen LogP) is 4.52. The highest BCUT2D eigenvalue weighted by atomic mass is 127. The molecule has 2 aromatic rings. The van der Waals surface area contributed by atoms with Crippen LogP contribution in [-0.2, 0) is 5.41 Å². The van der Waals surface area contributed by atoms with Crippen molar-refractivity contribution in [3.8, 4) is 0 Å². The second kappa shape index (κ2) is 7.51. The van der Waals surface area contributed by atoms with E-state index in [1.807, 2.05) is 12.1 Å². The van der Waals surface area contributed by atoms with E-state index in [2.05, 4.69) is 36.3 Å². The van der Waals surface area contributed by atoms with Gasteiger partial charge in [-0.05, 0) is 67.6 Å². The number of anilines is 1. The lowest BCUT2D eigenvalue weighted by atomic mass is 9.96. The number of nitrogens with one attached hydrogen (secondary N) is 1. The van der Waals surface area contributed by atoms with Crippen LogP contribution < -0.4 is 11.1 Å². The second-order valence-electron chi connectivity index (χ2n) is 6.42. The van der Waals surface area contributed by atoms with Crippen molar-refractivity contribution < 1.29 is 4.39 Å². The topological polar surface area (TPSA) is 50.4 Å². The molecule has 0 bridgehead atoms. The van der Waals surface area contributed by atoms with Crippen molar-refractivity contribution in [1.82, 2.24) is 0 Å². The number of rotatable bonds is 4. The molecule has 0 unspecified atom stereocenters. The van der Waals surface area contributed by atoms with Gasteiger partial charge in [-0.2, -0.15) is 0 Å². The molecule has 1 fully saturated rings. The van der Waals surface area contributed by atoms with Gasteiger partial charge in [0, 0.05) is 11.1 Å². The van der Waals surface area contributed by atoms with Gasteiger partial charge < -0.3 is 11.1 Å². The smallest absolute Gasteiger partial charge is 0.193 e. The summed E-state index contributed by atoms with van der Waals surface area (Å²) >= 11 is 0. The van der Waals surface area contributed by atoms with Gasteiger partial charge in [0.15, 0.2) is 5.96 Å². The summed E-state index contributed by atoms with van der Waals surface area (Å²) in [4.78, 5) is 4.47. The minimum Gasteiger partial charge on any atom is -0.370 e. The Bertz CT molecular complexity index is 754. The predicted molar refractivity (Wildman–Crippen MR) is 109 cm³/mol. The first-order chi connectivity index (χ1) is 11.0. The molecule has 1 saturated carbocycles.